The fourth-order valence-corrected chi connectivity index (χ4v) is 3.04. The Morgan fingerprint density at radius 3 is 2.27 bits per heavy atom. The number of likely N-dealkylation sites (N-methyl/N-ethyl adjacent to an activating group) is 1. The zero-order valence-electron chi connectivity index (χ0n) is 14.9. The van der Waals surface area contributed by atoms with Crippen molar-refractivity contribution in [3.8, 4) is 0 Å². The van der Waals surface area contributed by atoms with E-state index in [2.05, 4.69) is 10.2 Å². The quantitative estimate of drug-likeness (QED) is 0.743. The molecule has 2 saturated heterocycles. The summed E-state index contributed by atoms with van der Waals surface area (Å²) < 4.78 is 5.27. The average Bonchev–Trinajstić information content (AvgIpc) is 2.68. The molecule has 0 spiro atoms. The van der Waals surface area contributed by atoms with Gasteiger partial charge in [-0.15, -0.1) is 0 Å². The molecule has 1 aromatic carbocycles. The van der Waals surface area contributed by atoms with Gasteiger partial charge in [-0.05, 0) is 19.2 Å². The highest BCUT2D eigenvalue weighted by Crippen LogP contribution is 2.18. The van der Waals surface area contributed by atoms with Crippen molar-refractivity contribution in [2.45, 2.75) is 0 Å². The summed E-state index contributed by atoms with van der Waals surface area (Å²) in [6.45, 7) is 4.57. The number of benzene rings is 1. The standard InChI is InChI=1S/C18H24N4O4/c1-20-6-8-21(9-7-20)18(25)16(23)19-15-5-3-2-4-14(15)17(24)22-10-12-26-13-11-22/h2-5H,6-13H2,1H3,(H,19,23). The van der Waals surface area contributed by atoms with Gasteiger partial charge < -0.3 is 24.8 Å². The third-order valence-electron chi connectivity index (χ3n) is 4.69. The van der Waals surface area contributed by atoms with Crippen LogP contribution in [0.25, 0.3) is 0 Å². The predicted molar refractivity (Wildman–Crippen MR) is 95.9 cm³/mol. The molecular weight excluding hydrogens is 336 g/mol. The smallest absolute Gasteiger partial charge is 0.313 e. The Balaban J connectivity index is 1.68. The van der Waals surface area contributed by atoms with Gasteiger partial charge in [0.15, 0.2) is 0 Å². The molecule has 2 fully saturated rings. The predicted octanol–water partition coefficient (Wildman–Crippen LogP) is -0.128. The zero-order valence-corrected chi connectivity index (χ0v) is 14.9. The largest absolute Gasteiger partial charge is 0.378 e. The van der Waals surface area contributed by atoms with Crippen LogP contribution in [0.2, 0.25) is 0 Å². The number of para-hydroxylation sites is 1. The topological polar surface area (TPSA) is 82.2 Å². The van der Waals surface area contributed by atoms with Crippen molar-refractivity contribution >= 4 is 23.4 Å². The number of ether oxygens (including phenoxy) is 1. The summed E-state index contributed by atoms with van der Waals surface area (Å²) in [7, 11) is 1.98. The van der Waals surface area contributed by atoms with E-state index in [0.717, 1.165) is 13.1 Å². The third-order valence-corrected chi connectivity index (χ3v) is 4.69. The van der Waals surface area contributed by atoms with Gasteiger partial charge in [-0.25, -0.2) is 0 Å². The molecular formula is C18H24N4O4. The number of hydrogen-bond acceptors (Lipinski definition) is 5. The van der Waals surface area contributed by atoms with Gasteiger partial charge in [0.05, 0.1) is 24.5 Å². The fourth-order valence-electron chi connectivity index (χ4n) is 3.04. The van der Waals surface area contributed by atoms with Crippen molar-refractivity contribution < 1.29 is 19.1 Å². The molecule has 0 atom stereocenters. The number of carbonyl (C=O) groups excluding carboxylic acids is 3. The highest BCUT2D eigenvalue weighted by Gasteiger charge is 2.27. The highest BCUT2D eigenvalue weighted by molar-refractivity contribution is 6.39. The van der Waals surface area contributed by atoms with Crippen LogP contribution < -0.4 is 5.32 Å². The van der Waals surface area contributed by atoms with E-state index >= 15 is 0 Å². The number of morpholine rings is 1. The minimum Gasteiger partial charge on any atom is -0.378 e. The molecule has 140 valence electrons. The molecule has 0 bridgehead atoms. The lowest BCUT2D eigenvalue weighted by atomic mass is 10.1. The van der Waals surface area contributed by atoms with Crippen LogP contribution in [0.3, 0.4) is 0 Å². The summed E-state index contributed by atoms with van der Waals surface area (Å²) >= 11 is 0. The van der Waals surface area contributed by atoms with Crippen LogP contribution in [-0.4, -0.2) is 92.0 Å². The SMILES string of the molecule is CN1CCN(C(=O)C(=O)Nc2ccccc2C(=O)N2CCOCC2)CC1. The average molecular weight is 360 g/mol. The first-order valence-corrected chi connectivity index (χ1v) is 8.81. The molecule has 3 amide bonds. The maximum atomic E-state index is 12.7. The summed E-state index contributed by atoms with van der Waals surface area (Å²) in [5.41, 5.74) is 0.741. The van der Waals surface area contributed by atoms with Crippen LogP contribution in [-0.2, 0) is 14.3 Å². The van der Waals surface area contributed by atoms with Crippen LogP contribution >= 0.6 is 0 Å². The Hall–Kier alpha value is -2.45. The minimum absolute atomic E-state index is 0.170. The van der Waals surface area contributed by atoms with E-state index in [1.165, 1.54) is 0 Å². The van der Waals surface area contributed by atoms with Gasteiger partial charge >= 0.3 is 11.8 Å². The van der Waals surface area contributed by atoms with Gasteiger partial charge in [0.2, 0.25) is 0 Å². The summed E-state index contributed by atoms with van der Waals surface area (Å²) in [6, 6.07) is 6.77. The fraction of sp³-hybridized carbons (Fsp3) is 0.500. The van der Waals surface area contributed by atoms with Gasteiger partial charge in [0.1, 0.15) is 0 Å². The Morgan fingerprint density at radius 1 is 0.923 bits per heavy atom. The van der Waals surface area contributed by atoms with E-state index in [1.807, 2.05) is 7.05 Å². The van der Waals surface area contributed by atoms with Gasteiger partial charge in [-0.3, -0.25) is 14.4 Å². The van der Waals surface area contributed by atoms with Crippen LogP contribution in [0.5, 0.6) is 0 Å². The van der Waals surface area contributed by atoms with Crippen molar-refractivity contribution in [2.75, 3.05) is 64.8 Å². The van der Waals surface area contributed by atoms with Gasteiger partial charge in [-0.2, -0.15) is 0 Å². The summed E-state index contributed by atoms with van der Waals surface area (Å²) in [6.07, 6.45) is 0. The summed E-state index contributed by atoms with van der Waals surface area (Å²) in [5, 5.41) is 2.62. The van der Waals surface area contributed by atoms with E-state index in [-0.39, 0.29) is 5.91 Å². The van der Waals surface area contributed by atoms with Crippen molar-refractivity contribution in [1.82, 2.24) is 14.7 Å². The first-order valence-electron chi connectivity index (χ1n) is 8.81. The molecule has 2 aliphatic heterocycles. The van der Waals surface area contributed by atoms with E-state index in [1.54, 1.807) is 34.1 Å². The molecule has 0 aliphatic carbocycles. The second-order valence-electron chi connectivity index (χ2n) is 6.50. The van der Waals surface area contributed by atoms with Crippen LogP contribution in [0.4, 0.5) is 5.69 Å². The first kappa shape index (κ1) is 18.3. The Kier molecular flexibility index (Phi) is 5.85. The number of piperazine rings is 1. The second kappa shape index (κ2) is 8.29. The molecule has 0 radical (unpaired) electrons. The molecule has 0 saturated carbocycles. The summed E-state index contributed by atoms with van der Waals surface area (Å²) in [5.74, 6) is -1.44. The number of carbonyl (C=O) groups is 3. The Labute approximate surface area is 152 Å². The van der Waals surface area contributed by atoms with Crippen molar-refractivity contribution in [3.63, 3.8) is 0 Å². The molecule has 3 rings (SSSR count). The van der Waals surface area contributed by atoms with Crippen LogP contribution in [0.1, 0.15) is 10.4 Å². The number of amides is 3. The number of nitrogens with one attached hydrogen (secondary N) is 1. The van der Waals surface area contributed by atoms with Crippen LogP contribution in [0, 0.1) is 0 Å². The third kappa shape index (κ3) is 4.20. The van der Waals surface area contributed by atoms with Gasteiger partial charge in [-0.1, -0.05) is 12.1 Å². The summed E-state index contributed by atoms with van der Waals surface area (Å²) in [4.78, 5) is 42.8. The molecule has 8 nitrogen and oxygen atoms in total. The van der Waals surface area contributed by atoms with E-state index in [9.17, 15) is 14.4 Å². The lowest BCUT2D eigenvalue weighted by molar-refractivity contribution is -0.144. The molecule has 26 heavy (non-hydrogen) atoms. The number of rotatable bonds is 2. The van der Waals surface area contributed by atoms with Crippen LogP contribution in [0.15, 0.2) is 24.3 Å². The molecule has 1 N–H and O–H groups in total. The highest BCUT2D eigenvalue weighted by atomic mass is 16.5. The maximum absolute atomic E-state index is 12.7. The van der Waals surface area contributed by atoms with E-state index < -0.39 is 11.8 Å². The van der Waals surface area contributed by atoms with E-state index in [4.69, 9.17) is 4.74 Å². The molecule has 0 unspecified atom stereocenters. The minimum atomic E-state index is -0.711. The lowest BCUT2D eigenvalue weighted by Crippen LogP contribution is -2.50. The monoisotopic (exact) mass is 360 g/mol. The number of anilines is 1. The first-order chi connectivity index (χ1) is 12.6. The number of nitrogens with zero attached hydrogens (tertiary/aromatic N) is 3. The van der Waals surface area contributed by atoms with Crippen molar-refractivity contribution in [2.24, 2.45) is 0 Å². The van der Waals surface area contributed by atoms with E-state index in [0.29, 0.717) is 50.6 Å². The number of hydrogen-bond donors (Lipinski definition) is 1. The normalized spacial score (nSPS) is 18.5. The Bertz CT molecular complexity index is 680. The molecule has 1 aromatic rings. The second-order valence-corrected chi connectivity index (χ2v) is 6.50. The molecule has 2 aliphatic rings. The molecule has 0 aromatic heterocycles. The van der Waals surface area contributed by atoms with Gasteiger partial charge in [0, 0.05) is 39.3 Å². The maximum Gasteiger partial charge on any atom is 0.313 e. The van der Waals surface area contributed by atoms with Gasteiger partial charge in [0.25, 0.3) is 5.91 Å². The van der Waals surface area contributed by atoms with Crippen molar-refractivity contribution in [1.29, 1.82) is 0 Å². The zero-order chi connectivity index (χ0) is 18.5. The Morgan fingerprint density at radius 2 is 1.58 bits per heavy atom. The lowest BCUT2D eigenvalue weighted by Gasteiger charge is -2.32. The van der Waals surface area contributed by atoms with Crippen molar-refractivity contribution in [3.05, 3.63) is 29.8 Å². The molecule has 2 heterocycles. The molecule has 8 heteroatoms.